The number of hydrogen-bond donors (Lipinski definition) is 5. The Morgan fingerprint density at radius 3 is 2.81 bits per heavy atom. The average Bonchev–Trinajstić information content (AvgIpc) is 2.68. The molecule has 1 aliphatic rings. The number of hydrogen-bond acceptors (Lipinski definition) is 7. The number of aromatic amines is 1. The van der Waals surface area contributed by atoms with Crippen molar-refractivity contribution in [2.45, 2.75) is 30.5 Å². The molecule has 2 rings (SSSR count). The van der Waals surface area contributed by atoms with Crippen LogP contribution in [0.2, 0.25) is 0 Å². The van der Waals surface area contributed by atoms with E-state index in [1.54, 1.807) is 0 Å². The van der Waals surface area contributed by atoms with Gasteiger partial charge in [-0.1, -0.05) is 11.1 Å². The van der Waals surface area contributed by atoms with E-state index in [1.807, 2.05) is 0 Å². The normalized spacial score (nSPS) is 36.6. The molecule has 0 radical (unpaired) electrons. The monoisotopic (exact) mass is 297 g/mol. The topological polar surface area (TPSA) is 140 Å². The van der Waals surface area contributed by atoms with Crippen molar-refractivity contribution in [1.29, 1.82) is 0 Å². The number of ether oxygens (including phenoxy) is 1. The van der Waals surface area contributed by atoms with Gasteiger partial charge in [0.05, 0.1) is 6.61 Å². The maximum absolute atomic E-state index is 11.2. The maximum Gasteiger partial charge on any atom is 0.252 e. The number of aliphatic hydroxyl groups excluding tert-OH is 2. The van der Waals surface area contributed by atoms with Crippen LogP contribution in [0.1, 0.15) is 13.2 Å². The van der Waals surface area contributed by atoms with Gasteiger partial charge in [0.1, 0.15) is 11.7 Å². The fraction of sp³-hybridized carbons (Fsp3) is 0.500. The summed E-state index contributed by atoms with van der Waals surface area (Å²) in [6, 6.07) is 1.11. The Labute approximate surface area is 118 Å². The van der Waals surface area contributed by atoms with Crippen LogP contribution in [0.3, 0.4) is 0 Å². The molecule has 1 fully saturated rings. The number of nitrogens with zero attached hydrogens (tertiary/aromatic N) is 2. The molecule has 5 N–H and O–H groups in total. The zero-order valence-electron chi connectivity index (χ0n) is 11.1. The molecule has 21 heavy (non-hydrogen) atoms. The van der Waals surface area contributed by atoms with E-state index in [0.29, 0.717) is 0 Å². The summed E-state index contributed by atoms with van der Waals surface area (Å²) in [6.07, 6.45) is 3.58. The van der Waals surface area contributed by atoms with Crippen LogP contribution in [-0.4, -0.2) is 54.0 Å². The van der Waals surface area contributed by atoms with Gasteiger partial charge in [-0.05, 0) is 6.92 Å². The predicted octanol–water partition coefficient (Wildman–Crippen LogP) is -2.53. The minimum Gasteiger partial charge on any atom is -0.408 e. The molecule has 114 valence electrons. The Balaban J connectivity index is 2.61. The van der Waals surface area contributed by atoms with Crippen LogP contribution in [0.15, 0.2) is 22.2 Å². The van der Waals surface area contributed by atoms with Crippen molar-refractivity contribution in [3.05, 3.63) is 28.2 Å². The number of aromatic nitrogens is 2. The van der Waals surface area contributed by atoms with Crippen LogP contribution in [0, 0.1) is 12.3 Å². The molecular formula is C12H15N3O6. The smallest absolute Gasteiger partial charge is 0.252 e. The number of rotatable bonds is 2. The van der Waals surface area contributed by atoms with E-state index in [2.05, 4.69) is 16.1 Å². The van der Waals surface area contributed by atoms with Gasteiger partial charge in [-0.2, -0.15) is 0 Å². The van der Waals surface area contributed by atoms with Gasteiger partial charge in [0.25, 0.3) is 5.56 Å². The van der Waals surface area contributed by atoms with Crippen LogP contribution in [0.4, 0.5) is 0 Å². The summed E-state index contributed by atoms with van der Waals surface area (Å²) in [5, 5.41) is 41.8. The summed E-state index contributed by atoms with van der Waals surface area (Å²) in [4.78, 5) is 13.4. The van der Waals surface area contributed by atoms with Crippen molar-refractivity contribution in [3.63, 3.8) is 0 Å². The third-order valence-corrected chi connectivity index (χ3v) is 3.51. The summed E-state index contributed by atoms with van der Waals surface area (Å²) in [6.45, 7) is 0.517. The van der Waals surface area contributed by atoms with Crippen LogP contribution >= 0.6 is 0 Å². The molecule has 0 saturated carbocycles. The van der Waals surface area contributed by atoms with Crippen LogP contribution < -0.4 is 11.2 Å². The second-order valence-electron chi connectivity index (χ2n) is 4.93. The zero-order chi connectivity index (χ0) is 15.8. The molecule has 1 aromatic rings. The summed E-state index contributed by atoms with van der Waals surface area (Å²) in [5.41, 5.74) is -4.57. The van der Waals surface area contributed by atoms with E-state index in [4.69, 9.17) is 16.4 Å². The molecule has 1 saturated heterocycles. The van der Waals surface area contributed by atoms with E-state index >= 15 is 0 Å². The van der Waals surface area contributed by atoms with E-state index in [9.17, 15) is 20.1 Å². The van der Waals surface area contributed by atoms with Gasteiger partial charge in [0, 0.05) is 12.3 Å². The van der Waals surface area contributed by atoms with Gasteiger partial charge in [-0.15, -0.1) is 6.42 Å². The van der Waals surface area contributed by atoms with Crippen LogP contribution in [-0.2, 0) is 4.74 Å². The molecule has 4 atom stereocenters. The van der Waals surface area contributed by atoms with Crippen molar-refractivity contribution in [2.75, 3.05) is 6.61 Å². The molecule has 0 aromatic carbocycles. The minimum absolute atomic E-state index is 0.314. The molecule has 9 nitrogen and oxygen atoms in total. The third kappa shape index (κ3) is 2.14. The summed E-state index contributed by atoms with van der Waals surface area (Å²) >= 11 is 0. The first-order valence-corrected chi connectivity index (χ1v) is 5.99. The molecule has 0 bridgehead atoms. The molecule has 1 aromatic heterocycles. The molecule has 9 heteroatoms. The van der Waals surface area contributed by atoms with E-state index < -0.39 is 35.7 Å². The molecule has 2 heterocycles. The fourth-order valence-electron chi connectivity index (χ4n) is 2.31. The fourth-order valence-corrected chi connectivity index (χ4v) is 2.31. The number of nitrogens with one attached hydrogen (secondary N) is 1. The Hall–Kier alpha value is -2.12. The largest absolute Gasteiger partial charge is 0.408 e. The van der Waals surface area contributed by atoms with Crippen molar-refractivity contribution in [1.82, 2.24) is 9.55 Å². The lowest BCUT2D eigenvalue weighted by molar-refractivity contribution is -0.109. The highest BCUT2D eigenvalue weighted by atomic mass is 16.6. The highest BCUT2D eigenvalue weighted by molar-refractivity contribution is 5.21. The SMILES string of the molecule is C#C[C@]1(CO)O[C@@H](n2ccc(=O)[nH]/c2=N\O)[C@](C)(O)[C@@H]1O. The Kier molecular flexibility index (Phi) is 3.65. The highest BCUT2D eigenvalue weighted by Crippen LogP contribution is 2.43. The second-order valence-corrected chi connectivity index (χ2v) is 4.93. The van der Waals surface area contributed by atoms with Gasteiger partial charge < -0.3 is 25.3 Å². The Morgan fingerprint density at radius 2 is 2.33 bits per heavy atom. The highest BCUT2D eigenvalue weighted by Gasteiger charge is 2.61. The van der Waals surface area contributed by atoms with Gasteiger partial charge >= 0.3 is 0 Å². The first kappa shape index (κ1) is 15.3. The minimum atomic E-state index is -1.91. The standard InChI is InChI=1S/C12H15N3O6/c1-3-12(6-16)8(18)11(2,19)9(21-12)15-5-4-7(17)13-10(15)14-20/h1,4-5,8-9,16,18-20H,6H2,2H3,(H,13,14,17)/t8-,9+,11+,12+/m0/s1. The maximum atomic E-state index is 11.2. The Morgan fingerprint density at radius 1 is 1.67 bits per heavy atom. The lowest BCUT2D eigenvalue weighted by Crippen LogP contribution is -2.51. The third-order valence-electron chi connectivity index (χ3n) is 3.51. The molecule has 1 aliphatic heterocycles. The van der Waals surface area contributed by atoms with Gasteiger partial charge in [-0.3, -0.25) is 14.3 Å². The summed E-state index contributed by atoms with van der Waals surface area (Å²) in [7, 11) is 0. The van der Waals surface area contributed by atoms with E-state index in [-0.39, 0.29) is 5.62 Å². The lowest BCUT2D eigenvalue weighted by Gasteiger charge is -2.28. The average molecular weight is 297 g/mol. The van der Waals surface area contributed by atoms with Crippen molar-refractivity contribution >= 4 is 0 Å². The van der Waals surface area contributed by atoms with E-state index in [0.717, 1.165) is 10.6 Å². The van der Waals surface area contributed by atoms with Gasteiger partial charge in [0.15, 0.2) is 11.8 Å². The second kappa shape index (κ2) is 5.01. The zero-order valence-corrected chi connectivity index (χ0v) is 11.1. The van der Waals surface area contributed by atoms with Gasteiger partial charge in [0.2, 0.25) is 5.62 Å². The molecule has 0 spiro atoms. The van der Waals surface area contributed by atoms with E-state index in [1.165, 1.54) is 13.1 Å². The number of aliphatic hydroxyl groups is 3. The molecule has 0 unspecified atom stereocenters. The Bertz CT molecular complexity index is 700. The van der Waals surface area contributed by atoms with Crippen LogP contribution in [0.25, 0.3) is 0 Å². The van der Waals surface area contributed by atoms with Crippen molar-refractivity contribution in [3.8, 4) is 12.3 Å². The van der Waals surface area contributed by atoms with Crippen molar-refractivity contribution in [2.24, 2.45) is 5.16 Å². The predicted molar refractivity (Wildman–Crippen MR) is 67.8 cm³/mol. The summed E-state index contributed by atoms with van der Waals surface area (Å²) < 4.78 is 6.51. The van der Waals surface area contributed by atoms with Gasteiger partial charge in [-0.25, -0.2) is 0 Å². The molecular weight excluding hydrogens is 282 g/mol. The number of H-pyrrole nitrogens is 1. The summed E-state index contributed by atoms with van der Waals surface area (Å²) in [5.74, 6) is 2.12. The first-order valence-electron chi connectivity index (χ1n) is 5.99. The molecule has 0 aliphatic carbocycles. The number of terminal acetylenes is 1. The van der Waals surface area contributed by atoms with Crippen molar-refractivity contribution < 1.29 is 25.3 Å². The first-order chi connectivity index (χ1) is 9.82. The lowest BCUT2D eigenvalue weighted by atomic mass is 9.88. The quantitative estimate of drug-likeness (QED) is 0.232. The molecule has 0 amide bonds. The van der Waals surface area contributed by atoms with Crippen LogP contribution in [0.5, 0.6) is 0 Å².